The molecule has 6 heteroatoms. The SMILES string of the molecule is CC[C@@H](CN(C)C(=O)OCc1ccccc1)n1c(C(C)=O)nc2ccccc21. The minimum atomic E-state index is -0.393. The molecule has 0 aliphatic heterocycles. The summed E-state index contributed by atoms with van der Waals surface area (Å²) in [5, 5.41) is 0. The second kappa shape index (κ2) is 8.69. The Bertz CT molecular complexity index is 966. The first kappa shape index (κ1) is 19.6. The van der Waals surface area contributed by atoms with E-state index in [-0.39, 0.29) is 18.4 Å². The number of rotatable bonds is 7. The van der Waals surface area contributed by atoms with Crippen molar-refractivity contribution in [2.75, 3.05) is 13.6 Å². The molecule has 1 amide bonds. The van der Waals surface area contributed by atoms with Crippen LogP contribution in [-0.4, -0.2) is 39.9 Å². The molecule has 0 aliphatic rings. The third-order valence-corrected chi connectivity index (χ3v) is 4.75. The average Bonchev–Trinajstić information content (AvgIpc) is 3.10. The Morgan fingerprint density at radius 1 is 1.11 bits per heavy atom. The lowest BCUT2D eigenvalue weighted by Crippen LogP contribution is -2.34. The summed E-state index contributed by atoms with van der Waals surface area (Å²) >= 11 is 0. The molecule has 0 saturated carbocycles. The highest BCUT2D eigenvalue weighted by Crippen LogP contribution is 2.24. The first-order valence-electron chi connectivity index (χ1n) is 9.41. The molecule has 0 bridgehead atoms. The summed E-state index contributed by atoms with van der Waals surface area (Å²) < 4.78 is 7.36. The number of fused-ring (bicyclic) bond motifs is 1. The predicted molar refractivity (Wildman–Crippen MR) is 108 cm³/mol. The fourth-order valence-corrected chi connectivity index (χ4v) is 3.28. The van der Waals surface area contributed by atoms with Gasteiger partial charge in [-0.15, -0.1) is 0 Å². The van der Waals surface area contributed by atoms with Crippen LogP contribution in [0.3, 0.4) is 0 Å². The van der Waals surface area contributed by atoms with E-state index in [1.807, 2.05) is 66.1 Å². The number of imidazole rings is 1. The monoisotopic (exact) mass is 379 g/mol. The first-order chi connectivity index (χ1) is 13.5. The van der Waals surface area contributed by atoms with Crippen LogP contribution in [0.1, 0.15) is 42.5 Å². The normalized spacial score (nSPS) is 12.0. The molecule has 0 radical (unpaired) electrons. The number of likely N-dealkylation sites (N-methyl/N-ethyl adjacent to an activating group) is 1. The van der Waals surface area contributed by atoms with E-state index in [9.17, 15) is 9.59 Å². The number of Topliss-reactive ketones (excluding diaryl/α,β-unsaturated/α-hetero) is 1. The topological polar surface area (TPSA) is 64.4 Å². The molecule has 28 heavy (non-hydrogen) atoms. The summed E-state index contributed by atoms with van der Waals surface area (Å²) in [5.41, 5.74) is 2.61. The molecule has 1 aromatic heterocycles. The van der Waals surface area contributed by atoms with E-state index in [1.54, 1.807) is 11.9 Å². The van der Waals surface area contributed by atoms with E-state index in [2.05, 4.69) is 4.98 Å². The van der Waals surface area contributed by atoms with Gasteiger partial charge in [0.05, 0.1) is 17.1 Å². The van der Waals surface area contributed by atoms with Crippen LogP contribution in [0.2, 0.25) is 0 Å². The van der Waals surface area contributed by atoms with E-state index in [0.717, 1.165) is 23.0 Å². The number of amides is 1. The zero-order chi connectivity index (χ0) is 20.1. The number of ether oxygens (including phenoxy) is 1. The van der Waals surface area contributed by atoms with Gasteiger partial charge in [0.1, 0.15) is 6.61 Å². The number of para-hydroxylation sites is 2. The molecule has 0 aliphatic carbocycles. The molecule has 1 atom stereocenters. The van der Waals surface area contributed by atoms with Crippen LogP contribution in [0.4, 0.5) is 4.79 Å². The highest BCUT2D eigenvalue weighted by molar-refractivity contribution is 5.94. The molecule has 3 rings (SSSR count). The quantitative estimate of drug-likeness (QED) is 0.569. The van der Waals surface area contributed by atoms with Crippen LogP contribution in [0, 0.1) is 0 Å². The summed E-state index contributed by atoms with van der Waals surface area (Å²) in [5.74, 6) is 0.322. The van der Waals surface area contributed by atoms with Crippen molar-refractivity contribution >= 4 is 22.9 Å². The van der Waals surface area contributed by atoms with Crippen molar-refractivity contribution in [3.05, 3.63) is 66.0 Å². The molecule has 0 N–H and O–H groups in total. The van der Waals surface area contributed by atoms with E-state index in [4.69, 9.17) is 4.74 Å². The number of carbonyl (C=O) groups is 2. The van der Waals surface area contributed by atoms with Crippen molar-refractivity contribution in [3.63, 3.8) is 0 Å². The zero-order valence-electron chi connectivity index (χ0n) is 16.5. The van der Waals surface area contributed by atoms with Crippen LogP contribution in [0.15, 0.2) is 54.6 Å². The van der Waals surface area contributed by atoms with Gasteiger partial charge in [-0.25, -0.2) is 9.78 Å². The number of aromatic nitrogens is 2. The Labute approximate surface area is 164 Å². The number of hydrogen-bond acceptors (Lipinski definition) is 4. The molecule has 1 heterocycles. The fourth-order valence-electron chi connectivity index (χ4n) is 3.28. The molecule has 0 spiro atoms. The number of benzene rings is 2. The van der Waals surface area contributed by atoms with Crippen LogP contribution in [0.25, 0.3) is 11.0 Å². The average molecular weight is 379 g/mol. The number of carbonyl (C=O) groups excluding carboxylic acids is 2. The Morgan fingerprint density at radius 2 is 1.79 bits per heavy atom. The third kappa shape index (κ3) is 4.22. The van der Waals surface area contributed by atoms with E-state index < -0.39 is 6.09 Å². The van der Waals surface area contributed by atoms with Crippen molar-refractivity contribution in [1.82, 2.24) is 14.5 Å². The number of ketones is 1. The van der Waals surface area contributed by atoms with Gasteiger partial charge >= 0.3 is 6.09 Å². The van der Waals surface area contributed by atoms with E-state index in [0.29, 0.717) is 12.4 Å². The van der Waals surface area contributed by atoms with Crippen LogP contribution in [-0.2, 0) is 11.3 Å². The van der Waals surface area contributed by atoms with Gasteiger partial charge in [-0.1, -0.05) is 49.4 Å². The maximum Gasteiger partial charge on any atom is 0.409 e. The van der Waals surface area contributed by atoms with E-state index in [1.165, 1.54) is 6.92 Å². The number of hydrogen-bond donors (Lipinski definition) is 0. The maximum atomic E-state index is 12.4. The lowest BCUT2D eigenvalue weighted by atomic mass is 10.2. The minimum Gasteiger partial charge on any atom is -0.445 e. The Hall–Kier alpha value is -3.15. The van der Waals surface area contributed by atoms with E-state index >= 15 is 0 Å². The van der Waals surface area contributed by atoms with Crippen molar-refractivity contribution in [2.45, 2.75) is 32.9 Å². The molecule has 2 aromatic carbocycles. The second-order valence-corrected chi connectivity index (χ2v) is 6.83. The molecule has 0 unspecified atom stereocenters. The van der Waals surface area contributed by atoms with Gasteiger partial charge in [-0.2, -0.15) is 0 Å². The second-order valence-electron chi connectivity index (χ2n) is 6.83. The third-order valence-electron chi connectivity index (χ3n) is 4.75. The molecule has 146 valence electrons. The van der Waals surface area contributed by atoms with Gasteiger partial charge in [0.15, 0.2) is 11.6 Å². The standard InChI is InChI=1S/C22H25N3O3/c1-4-18(14-24(3)22(27)28-15-17-10-6-5-7-11-17)25-20-13-9-8-12-19(20)23-21(25)16(2)26/h5-13,18H,4,14-15H2,1-3H3/t18-/m0/s1. The van der Waals surface area contributed by atoms with Crippen molar-refractivity contribution in [3.8, 4) is 0 Å². The van der Waals surface area contributed by atoms with Crippen LogP contribution < -0.4 is 0 Å². The van der Waals surface area contributed by atoms with Gasteiger partial charge in [0, 0.05) is 20.5 Å². The van der Waals surface area contributed by atoms with Crippen LogP contribution >= 0.6 is 0 Å². The van der Waals surface area contributed by atoms with Crippen molar-refractivity contribution < 1.29 is 14.3 Å². The summed E-state index contributed by atoms with van der Waals surface area (Å²) in [6.07, 6.45) is 0.354. The summed E-state index contributed by atoms with van der Waals surface area (Å²) in [6.45, 7) is 4.20. The summed E-state index contributed by atoms with van der Waals surface area (Å²) in [4.78, 5) is 30.6. The Morgan fingerprint density at radius 3 is 2.46 bits per heavy atom. The zero-order valence-corrected chi connectivity index (χ0v) is 16.5. The lowest BCUT2D eigenvalue weighted by Gasteiger charge is -2.25. The molecule has 3 aromatic rings. The molecular formula is C22H25N3O3. The maximum absolute atomic E-state index is 12.4. The Balaban J connectivity index is 1.76. The Kier molecular flexibility index (Phi) is 6.09. The van der Waals surface area contributed by atoms with Gasteiger partial charge in [-0.05, 0) is 24.1 Å². The summed E-state index contributed by atoms with van der Waals surface area (Å²) in [6, 6.07) is 17.2. The highest BCUT2D eigenvalue weighted by Gasteiger charge is 2.23. The molecular weight excluding hydrogens is 354 g/mol. The molecule has 0 saturated heterocycles. The van der Waals surface area contributed by atoms with Gasteiger partial charge in [0.25, 0.3) is 0 Å². The first-order valence-corrected chi connectivity index (χ1v) is 9.41. The largest absolute Gasteiger partial charge is 0.445 e. The smallest absolute Gasteiger partial charge is 0.409 e. The predicted octanol–water partition coefficient (Wildman–Crippen LogP) is 4.46. The fraction of sp³-hybridized carbons (Fsp3) is 0.318. The minimum absolute atomic E-state index is 0.0828. The highest BCUT2D eigenvalue weighted by atomic mass is 16.6. The number of nitrogens with zero attached hydrogens (tertiary/aromatic N) is 3. The summed E-state index contributed by atoms with van der Waals surface area (Å²) in [7, 11) is 1.71. The van der Waals surface area contributed by atoms with Gasteiger partial charge < -0.3 is 14.2 Å². The molecule has 0 fully saturated rings. The van der Waals surface area contributed by atoms with Crippen LogP contribution in [0.5, 0.6) is 0 Å². The lowest BCUT2D eigenvalue weighted by molar-refractivity contribution is 0.0975. The van der Waals surface area contributed by atoms with Gasteiger partial charge in [-0.3, -0.25) is 4.79 Å². The van der Waals surface area contributed by atoms with Crippen molar-refractivity contribution in [2.24, 2.45) is 0 Å². The van der Waals surface area contributed by atoms with Gasteiger partial charge in [0.2, 0.25) is 0 Å². The van der Waals surface area contributed by atoms with Crippen molar-refractivity contribution in [1.29, 1.82) is 0 Å². The molecule has 6 nitrogen and oxygen atoms in total.